The van der Waals surface area contributed by atoms with Gasteiger partial charge in [-0.1, -0.05) is 0 Å². The fraction of sp³-hybridized carbons (Fsp3) is 0.600. The average molecular weight is 372 g/mol. The molecule has 0 radical (unpaired) electrons. The van der Waals surface area contributed by atoms with E-state index in [9.17, 15) is 9.59 Å². The Morgan fingerprint density at radius 1 is 1.04 bits per heavy atom. The van der Waals surface area contributed by atoms with Crippen LogP contribution in [0, 0.1) is 17.8 Å². The number of fused-ring (bicyclic) bond motifs is 2. The van der Waals surface area contributed by atoms with Crippen LogP contribution >= 0.6 is 0 Å². The van der Waals surface area contributed by atoms with Crippen molar-refractivity contribution in [3.8, 4) is 0 Å². The maximum Gasteiger partial charge on any atom is 0.238 e. The minimum atomic E-state index is -0.0725. The first kappa shape index (κ1) is 18.4. The predicted octanol–water partition coefficient (Wildman–Crippen LogP) is 1.27. The summed E-state index contributed by atoms with van der Waals surface area (Å²) in [5, 5.41) is 5.89. The van der Waals surface area contributed by atoms with Gasteiger partial charge in [0.2, 0.25) is 11.8 Å². The van der Waals surface area contributed by atoms with Gasteiger partial charge in [0.15, 0.2) is 0 Å². The lowest BCUT2D eigenvalue weighted by Gasteiger charge is -2.27. The maximum absolute atomic E-state index is 12.6. The smallest absolute Gasteiger partial charge is 0.238 e. The molecule has 2 aliphatic carbocycles. The van der Waals surface area contributed by atoms with Gasteiger partial charge in [0.05, 0.1) is 25.7 Å². The minimum absolute atomic E-state index is 0.0116. The molecule has 1 heterocycles. The first-order chi connectivity index (χ1) is 13.1. The van der Waals surface area contributed by atoms with E-state index in [1.165, 1.54) is 0 Å². The molecule has 2 saturated carbocycles. The summed E-state index contributed by atoms with van der Waals surface area (Å²) in [4.78, 5) is 26.8. The third-order valence-electron chi connectivity index (χ3n) is 6.19. The number of benzene rings is 1. The molecule has 7 nitrogen and oxygen atoms in total. The third kappa shape index (κ3) is 4.15. The van der Waals surface area contributed by atoms with Gasteiger partial charge in [-0.15, -0.1) is 0 Å². The summed E-state index contributed by atoms with van der Waals surface area (Å²) < 4.78 is 5.29. The number of anilines is 2. The fourth-order valence-electron chi connectivity index (χ4n) is 4.75. The van der Waals surface area contributed by atoms with E-state index in [0.717, 1.165) is 43.7 Å². The molecule has 1 aromatic rings. The van der Waals surface area contributed by atoms with Crippen molar-refractivity contribution >= 4 is 23.2 Å². The third-order valence-corrected chi connectivity index (χ3v) is 6.19. The number of morpholine rings is 1. The minimum Gasteiger partial charge on any atom is -0.379 e. The van der Waals surface area contributed by atoms with Crippen LogP contribution in [0.2, 0.25) is 0 Å². The number of nitrogens with zero attached hydrogens (tertiary/aromatic N) is 1. The Balaban J connectivity index is 1.28. The lowest BCUT2D eigenvalue weighted by Crippen LogP contribution is -2.42. The van der Waals surface area contributed by atoms with Crippen molar-refractivity contribution in [1.29, 1.82) is 0 Å². The average Bonchev–Trinajstić information content (AvgIpc) is 3.25. The Bertz CT molecular complexity index is 685. The number of nitrogens with two attached hydrogens (primary N) is 1. The molecular formula is C20H28N4O3. The summed E-state index contributed by atoms with van der Waals surface area (Å²) in [5.41, 5.74) is 7.72. The SMILES string of the molecule is NC1C2CCC(C2)C1C(=O)Nc1ccc(NC(=O)CN2CCOCC2)cc1. The molecule has 2 amide bonds. The second-order valence-corrected chi connectivity index (χ2v) is 7.94. The zero-order valence-corrected chi connectivity index (χ0v) is 15.5. The number of carbonyl (C=O) groups is 2. The molecule has 1 saturated heterocycles. The largest absolute Gasteiger partial charge is 0.379 e. The van der Waals surface area contributed by atoms with E-state index in [2.05, 4.69) is 15.5 Å². The molecule has 1 aliphatic heterocycles. The first-order valence-corrected chi connectivity index (χ1v) is 9.86. The van der Waals surface area contributed by atoms with E-state index in [1.807, 2.05) is 24.3 Å². The highest BCUT2D eigenvalue weighted by Crippen LogP contribution is 2.47. The summed E-state index contributed by atoms with van der Waals surface area (Å²) in [6.45, 7) is 3.28. The van der Waals surface area contributed by atoms with Gasteiger partial charge >= 0.3 is 0 Å². The van der Waals surface area contributed by atoms with Crippen molar-refractivity contribution in [2.24, 2.45) is 23.5 Å². The Morgan fingerprint density at radius 2 is 1.67 bits per heavy atom. The van der Waals surface area contributed by atoms with Gasteiger partial charge in [0, 0.05) is 30.5 Å². The second kappa shape index (κ2) is 7.96. The van der Waals surface area contributed by atoms with Gasteiger partial charge in [0.1, 0.15) is 0 Å². The van der Waals surface area contributed by atoms with Crippen molar-refractivity contribution in [3.05, 3.63) is 24.3 Å². The van der Waals surface area contributed by atoms with E-state index in [1.54, 1.807) is 0 Å². The van der Waals surface area contributed by atoms with Gasteiger partial charge < -0.3 is 21.1 Å². The van der Waals surface area contributed by atoms with E-state index in [0.29, 0.717) is 31.6 Å². The molecule has 0 spiro atoms. The zero-order chi connectivity index (χ0) is 18.8. The number of rotatable bonds is 5. The number of hydrogen-bond acceptors (Lipinski definition) is 5. The Kier molecular flexibility index (Phi) is 5.43. The van der Waals surface area contributed by atoms with E-state index in [4.69, 9.17) is 10.5 Å². The normalized spacial score (nSPS) is 30.3. The summed E-state index contributed by atoms with van der Waals surface area (Å²) in [6, 6.07) is 7.26. The Hall–Kier alpha value is -1.96. The van der Waals surface area contributed by atoms with Crippen molar-refractivity contribution in [1.82, 2.24) is 4.90 Å². The van der Waals surface area contributed by atoms with Crippen LogP contribution in [0.3, 0.4) is 0 Å². The van der Waals surface area contributed by atoms with Gasteiger partial charge in [-0.25, -0.2) is 0 Å². The molecule has 4 rings (SSSR count). The molecule has 7 heteroatoms. The van der Waals surface area contributed by atoms with Crippen molar-refractivity contribution in [2.75, 3.05) is 43.5 Å². The molecule has 146 valence electrons. The number of nitrogens with one attached hydrogen (secondary N) is 2. The Morgan fingerprint density at radius 3 is 2.30 bits per heavy atom. The number of amides is 2. The van der Waals surface area contributed by atoms with Crippen LogP contribution < -0.4 is 16.4 Å². The maximum atomic E-state index is 12.6. The fourth-order valence-corrected chi connectivity index (χ4v) is 4.75. The molecule has 4 atom stereocenters. The van der Waals surface area contributed by atoms with Crippen molar-refractivity contribution < 1.29 is 14.3 Å². The molecular weight excluding hydrogens is 344 g/mol. The van der Waals surface area contributed by atoms with E-state index in [-0.39, 0.29) is 23.8 Å². The number of carbonyl (C=O) groups excluding carboxylic acids is 2. The second-order valence-electron chi connectivity index (χ2n) is 7.94. The van der Waals surface area contributed by atoms with E-state index >= 15 is 0 Å². The molecule has 2 bridgehead atoms. The topological polar surface area (TPSA) is 96.7 Å². The van der Waals surface area contributed by atoms with Gasteiger partial charge in [-0.3, -0.25) is 14.5 Å². The lowest BCUT2D eigenvalue weighted by molar-refractivity contribution is -0.122. The molecule has 4 unspecified atom stereocenters. The quantitative estimate of drug-likeness (QED) is 0.723. The van der Waals surface area contributed by atoms with Crippen LogP contribution in [-0.4, -0.2) is 55.6 Å². The number of ether oxygens (including phenoxy) is 1. The van der Waals surface area contributed by atoms with Crippen LogP contribution in [0.25, 0.3) is 0 Å². The summed E-state index contributed by atoms with van der Waals surface area (Å²) in [6.07, 6.45) is 3.37. The van der Waals surface area contributed by atoms with Gasteiger partial charge in [0.25, 0.3) is 0 Å². The highest BCUT2D eigenvalue weighted by molar-refractivity contribution is 5.95. The summed E-state index contributed by atoms with van der Waals surface area (Å²) in [5.74, 6) is 0.857. The lowest BCUT2D eigenvalue weighted by atomic mass is 9.84. The van der Waals surface area contributed by atoms with Gasteiger partial charge in [-0.2, -0.15) is 0 Å². The van der Waals surface area contributed by atoms with Crippen molar-refractivity contribution in [2.45, 2.75) is 25.3 Å². The molecule has 3 fully saturated rings. The highest BCUT2D eigenvalue weighted by atomic mass is 16.5. The molecule has 0 aromatic heterocycles. The number of hydrogen-bond donors (Lipinski definition) is 3. The van der Waals surface area contributed by atoms with E-state index < -0.39 is 0 Å². The monoisotopic (exact) mass is 372 g/mol. The van der Waals surface area contributed by atoms with Gasteiger partial charge in [-0.05, 0) is 55.4 Å². The van der Waals surface area contributed by atoms with Crippen LogP contribution in [0.1, 0.15) is 19.3 Å². The molecule has 3 aliphatic rings. The molecule has 1 aromatic carbocycles. The van der Waals surface area contributed by atoms with Crippen LogP contribution in [0.15, 0.2) is 24.3 Å². The van der Waals surface area contributed by atoms with Crippen LogP contribution in [-0.2, 0) is 14.3 Å². The predicted molar refractivity (Wildman–Crippen MR) is 103 cm³/mol. The Labute approximate surface area is 159 Å². The summed E-state index contributed by atoms with van der Waals surface area (Å²) >= 11 is 0. The zero-order valence-electron chi connectivity index (χ0n) is 15.5. The van der Waals surface area contributed by atoms with Crippen molar-refractivity contribution in [3.63, 3.8) is 0 Å². The standard InChI is InChI=1S/C20H28N4O3/c21-19-14-2-1-13(11-14)18(19)20(26)23-16-5-3-15(4-6-16)22-17(25)12-24-7-9-27-10-8-24/h3-6,13-14,18-19H,1-2,7-12,21H2,(H,22,25)(H,23,26). The molecule has 4 N–H and O–H groups in total. The summed E-state index contributed by atoms with van der Waals surface area (Å²) in [7, 11) is 0. The highest BCUT2D eigenvalue weighted by Gasteiger charge is 2.49. The van der Waals surface area contributed by atoms with Crippen LogP contribution in [0.5, 0.6) is 0 Å². The molecule has 27 heavy (non-hydrogen) atoms. The first-order valence-electron chi connectivity index (χ1n) is 9.86. The van der Waals surface area contributed by atoms with Crippen LogP contribution in [0.4, 0.5) is 11.4 Å².